The summed E-state index contributed by atoms with van der Waals surface area (Å²) in [4.78, 5) is 26.1. The third-order valence-corrected chi connectivity index (χ3v) is 2.66. The van der Waals surface area contributed by atoms with Crippen molar-refractivity contribution in [3.63, 3.8) is 0 Å². The van der Waals surface area contributed by atoms with E-state index in [-0.39, 0.29) is 6.61 Å². The van der Waals surface area contributed by atoms with E-state index in [1.54, 1.807) is 24.3 Å². The lowest BCUT2D eigenvalue weighted by molar-refractivity contribution is -0.763. The molecule has 6 heteroatoms. The Morgan fingerprint density at radius 1 is 1.14 bits per heavy atom. The van der Waals surface area contributed by atoms with Crippen LogP contribution in [0.5, 0.6) is 5.75 Å². The van der Waals surface area contributed by atoms with Crippen LogP contribution in [0, 0.1) is 10.1 Å². The number of nitrogens with zero attached hydrogens (tertiary/aromatic N) is 1. The molecular formula is C16H13NO5. The molecule has 0 fully saturated rings. The molecule has 2 aromatic rings. The molecule has 0 aliphatic carbocycles. The SMILES string of the molecule is O=C(/C=C/c1ccccc1)Oc1cccc(CO[N+](=O)[O-])c1. The Labute approximate surface area is 126 Å². The van der Waals surface area contributed by atoms with E-state index in [9.17, 15) is 14.9 Å². The summed E-state index contributed by atoms with van der Waals surface area (Å²) in [7, 11) is 0. The molecule has 0 N–H and O–H groups in total. The lowest BCUT2D eigenvalue weighted by Gasteiger charge is -2.04. The van der Waals surface area contributed by atoms with Crippen LogP contribution in [-0.4, -0.2) is 11.1 Å². The third kappa shape index (κ3) is 5.09. The highest BCUT2D eigenvalue weighted by atomic mass is 16.9. The van der Waals surface area contributed by atoms with Gasteiger partial charge in [0, 0.05) is 6.08 Å². The van der Waals surface area contributed by atoms with E-state index >= 15 is 0 Å². The molecule has 0 saturated carbocycles. The van der Waals surface area contributed by atoms with Crippen LogP contribution < -0.4 is 4.74 Å². The number of benzene rings is 2. The molecule has 112 valence electrons. The molecule has 2 rings (SSSR count). The van der Waals surface area contributed by atoms with Gasteiger partial charge in [-0.2, -0.15) is 0 Å². The van der Waals surface area contributed by atoms with E-state index in [1.165, 1.54) is 12.1 Å². The summed E-state index contributed by atoms with van der Waals surface area (Å²) in [6.07, 6.45) is 2.96. The van der Waals surface area contributed by atoms with Crippen molar-refractivity contribution < 1.29 is 19.5 Å². The quantitative estimate of drug-likeness (QED) is 0.269. The molecule has 2 aromatic carbocycles. The van der Waals surface area contributed by atoms with Gasteiger partial charge in [-0.3, -0.25) is 0 Å². The Kier molecular flexibility index (Phi) is 5.25. The van der Waals surface area contributed by atoms with Gasteiger partial charge in [0.15, 0.2) is 0 Å². The summed E-state index contributed by atoms with van der Waals surface area (Å²) in [5, 5.41) is 9.27. The molecule has 0 aromatic heterocycles. The summed E-state index contributed by atoms with van der Waals surface area (Å²) < 4.78 is 5.13. The molecule has 0 amide bonds. The molecule has 0 atom stereocenters. The number of hydrogen-bond acceptors (Lipinski definition) is 5. The molecule has 0 aliphatic rings. The fourth-order valence-electron chi connectivity index (χ4n) is 1.70. The highest BCUT2D eigenvalue weighted by Gasteiger charge is 2.03. The van der Waals surface area contributed by atoms with Crippen LogP contribution >= 0.6 is 0 Å². The first kappa shape index (κ1) is 15.2. The number of hydrogen-bond donors (Lipinski definition) is 0. The van der Waals surface area contributed by atoms with Crippen LogP contribution in [0.3, 0.4) is 0 Å². The zero-order valence-corrected chi connectivity index (χ0v) is 11.5. The molecule has 22 heavy (non-hydrogen) atoms. The fraction of sp³-hybridized carbons (Fsp3) is 0.0625. The van der Waals surface area contributed by atoms with Crippen LogP contribution in [-0.2, 0) is 16.2 Å². The van der Waals surface area contributed by atoms with E-state index in [2.05, 4.69) is 4.84 Å². The van der Waals surface area contributed by atoms with Gasteiger partial charge in [0.2, 0.25) is 0 Å². The molecule has 6 nitrogen and oxygen atoms in total. The monoisotopic (exact) mass is 299 g/mol. The Morgan fingerprint density at radius 3 is 2.64 bits per heavy atom. The first-order chi connectivity index (χ1) is 10.6. The van der Waals surface area contributed by atoms with Crippen molar-refractivity contribution in [2.45, 2.75) is 6.61 Å². The molecule has 0 unspecified atom stereocenters. The molecule has 0 radical (unpaired) electrons. The maximum atomic E-state index is 11.7. The summed E-state index contributed by atoms with van der Waals surface area (Å²) in [6, 6.07) is 15.7. The largest absolute Gasteiger partial charge is 0.423 e. The van der Waals surface area contributed by atoms with Gasteiger partial charge in [-0.05, 0) is 29.3 Å². The van der Waals surface area contributed by atoms with Gasteiger partial charge in [-0.25, -0.2) is 4.79 Å². The Balaban J connectivity index is 1.95. The van der Waals surface area contributed by atoms with Crippen molar-refractivity contribution >= 4 is 12.0 Å². The molecule has 0 bridgehead atoms. The molecule has 0 spiro atoms. The van der Waals surface area contributed by atoms with Crippen molar-refractivity contribution in [3.8, 4) is 5.75 Å². The fourth-order valence-corrected chi connectivity index (χ4v) is 1.70. The molecule has 0 aliphatic heterocycles. The van der Waals surface area contributed by atoms with Crippen LogP contribution in [0.4, 0.5) is 0 Å². The van der Waals surface area contributed by atoms with Crippen molar-refractivity contribution in [1.29, 1.82) is 0 Å². The summed E-state index contributed by atoms with van der Waals surface area (Å²) >= 11 is 0. The van der Waals surface area contributed by atoms with Gasteiger partial charge in [-0.15, -0.1) is 10.1 Å². The van der Waals surface area contributed by atoms with Crippen LogP contribution in [0.2, 0.25) is 0 Å². The van der Waals surface area contributed by atoms with Crippen molar-refractivity contribution in [2.75, 3.05) is 0 Å². The minimum atomic E-state index is -0.874. The standard InChI is InChI=1S/C16H13NO5/c18-16(10-9-13-5-2-1-3-6-13)22-15-8-4-7-14(11-15)12-21-17(19)20/h1-11H,12H2/b10-9+. The maximum Gasteiger partial charge on any atom is 0.336 e. The van der Waals surface area contributed by atoms with Crippen LogP contribution in [0.1, 0.15) is 11.1 Å². The Bertz CT molecular complexity index is 682. The zero-order valence-electron chi connectivity index (χ0n) is 11.5. The van der Waals surface area contributed by atoms with Crippen molar-refractivity contribution in [3.05, 3.63) is 81.9 Å². The first-order valence-electron chi connectivity index (χ1n) is 6.45. The average Bonchev–Trinajstić information content (AvgIpc) is 2.52. The van der Waals surface area contributed by atoms with Gasteiger partial charge >= 0.3 is 5.97 Å². The van der Waals surface area contributed by atoms with E-state index in [0.717, 1.165) is 5.56 Å². The maximum absolute atomic E-state index is 11.7. The van der Waals surface area contributed by atoms with E-state index in [4.69, 9.17) is 4.74 Å². The zero-order chi connectivity index (χ0) is 15.8. The number of carbonyl (C=O) groups excluding carboxylic acids is 1. The van der Waals surface area contributed by atoms with Crippen molar-refractivity contribution in [2.24, 2.45) is 0 Å². The summed E-state index contributed by atoms with van der Waals surface area (Å²) in [5.74, 6) is -0.233. The second kappa shape index (κ2) is 7.58. The average molecular weight is 299 g/mol. The van der Waals surface area contributed by atoms with Gasteiger partial charge in [0.1, 0.15) is 12.4 Å². The summed E-state index contributed by atoms with van der Waals surface area (Å²) in [6.45, 7) is -0.196. The van der Waals surface area contributed by atoms with E-state index in [0.29, 0.717) is 11.3 Å². The Morgan fingerprint density at radius 2 is 1.91 bits per heavy atom. The van der Waals surface area contributed by atoms with Crippen molar-refractivity contribution in [1.82, 2.24) is 0 Å². The minimum Gasteiger partial charge on any atom is -0.423 e. The molecule has 0 saturated heterocycles. The predicted molar refractivity (Wildman–Crippen MR) is 79.3 cm³/mol. The smallest absolute Gasteiger partial charge is 0.336 e. The lowest BCUT2D eigenvalue weighted by atomic mass is 10.2. The van der Waals surface area contributed by atoms with E-state index < -0.39 is 11.1 Å². The number of carbonyl (C=O) groups is 1. The highest BCUT2D eigenvalue weighted by molar-refractivity contribution is 5.88. The topological polar surface area (TPSA) is 78.7 Å². The Hall–Kier alpha value is -3.15. The molecular weight excluding hydrogens is 286 g/mol. The van der Waals surface area contributed by atoms with Gasteiger partial charge in [-0.1, -0.05) is 42.5 Å². The number of ether oxygens (including phenoxy) is 1. The highest BCUT2D eigenvalue weighted by Crippen LogP contribution is 2.14. The number of esters is 1. The summed E-state index contributed by atoms with van der Waals surface area (Å²) in [5.41, 5.74) is 1.42. The minimum absolute atomic E-state index is 0.196. The second-order valence-electron chi connectivity index (χ2n) is 4.31. The predicted octanol–water partition coefficient (Wildman–Crippen LogP) is 3.01. The van der Waals surface area contributed by atoms with Crippen LogP contribution in [0.25, 0.3) is 6.08 Å². The van der Waals surface area contributed by atoms with E-state index in [1.807, 2.05) is 30.3 Å². The van der Waals surface area contributed by atoms with Gasteiger partial charge < -0.3 is 9.57 Å². The first-order valence-corrected chi connectivity index (χ1v) is 6.45. The van der Waals surface area contributed by atoms with Gasteiger partial charge in [0.05, 0.1) is 0 Å². The normalized spacial score (nSPS) is 10.4. The van der Waals surface area contributed by atoms with Gasteiger partial charge in [0.25, 0.3) is 5.09 Å². The molecule has 0 heterocycles. The lowest BCUT2D eigenvalue weighted by Crippen LogP contribution is -2.05. The second-order valence-corrected chi connectivity index (χ2v) is 4.31. The third-order valence-electron chi connectivity index (χ3n) is 2.66. The van der Waals surface area contributed by atoms with Crippen LogP contribution in [0.15, 0.2) is 60.7 Å². The number of rotatable bonds is 6.